The van der Waals surface area contributed by atoms with Crippen LogP contribution in [0.4, 0.5) is 0 Å². The third kappa shape index (κ3) is 4.03. The molecule has 1 aliphatic heterocycles. The van der Waals surface area contributed by atoms with Gasteiger partial charge in [0.05, 0.1) is 4.90 Å². The number of nitrogens with two attached hydrogens (primary N) is 1. The Morgan fingerprint density at radius 3 is 2.24 bits per heavy atom. The fraction of sp³-hybridized carbons (Fsp3) is 0.600. The second-order valence-corrected chi connectivity index (χ2v) is 7.80. The van der Waals surface area contributed by atoms with Gasteiger partial charge < -0.3 is 10.6 Å². The van der Waals surface area contributed by atoms with Gasteiger partial charge in [-0.1, -0.05) is 24.6 Å². The number of rotatable bonds is 5. The molecule has 1 aromatic rings. The zero-order chi connectivity index (χ0) is 15.5. The van der Waals surface area contributed by atoms with E-state index >= 15 is 0 Å². The lowest BCUT2D eigenvalue weighted by Crippen LogP contribution is -2.49. The Labute approximate surface area is 127 Å². The van der Waals surface area contributed by atoms with E-state index in [1.165, 1.54) is 0 Å². The molecule has 5 nitrogen and oxygen atoms in total. The van der Waals surface area contributed by atoms with E-state index in [1.807, 2.05) is 19.1 Å². The van der Waals surface area contributed by atoms with E-state index in [2.05, 4.69) is 11.8 Å². The average molecular weight is 311 g/mol. The Bertz CT molecular complexity index is 549. The lowest BCUT2D eigenvalue weighted by molar-refractivity contribution is 0.170. The normalized spacial score (nSPS) is 19.6. The number of aryl methyl sites for hydroxylation is 1. The molecule has 1 unspecified atom stereocenters. The lowest BCUT2D eigenvalue weighted by Gasteiger charge is -2.35. The second-order valence-electron chi connectivity index (χ2n) is 5.86. The SMILES string of the molecule is Cc1ccc(S(=O)(=O)N2CCN(CC(C)CN)CC2)cc1. The molecular weight excluding hydrogens is 286 g/mol. The van der Waals surface area contributed by atoms with Gasteiger partial charge in [-0.25, -0.2) is 8.42 Å². The van der Waals surface area contributed by atoms with Crippen molar-refractivity contribution in [2.45, 2.75) is 18.7 Å². The highest BCUT2D eigenvalue weighted by Crippen LogP contribution is 2.18. The third-order valence-corrected chi connectivity index (χ3v) is 5.88. The fourth-order valence-electron chi connectivity index (χ4n) is 2.53. The van der Waals surface area contributed by atoms with Crippen LogP contribution in [0.3, 0.4) is 0 Å². The molecule has 0 spiro atoms. The molecule has 0 aliphatic carbocycles. The van der Waals surface area contributed by atoms with Crippen molar-refractivity contribution < 1.29 is 8.42 Å². The van der Waals surface area contributed by atoms with Crippen molar-refractivity contribution in [1.29, 1.82) is 0 Å². The quantitative estimate of drug-likeness (QED) is 0.877. The minimum Gasteiger partial charge on any atom is -0.330 e. The summed E-state index contributed by atoms with van der Waals surface area (Å²) in [5.74, 6) is 0.449. The topological polar surface area (TPSA) is 66.6 Å². The Balaban J connectivity index is 1.99. The zero-order valence-electron chi connectivity index (χ0n) is 12.8. The Kier molecular flexibility index (Phi) is 5.37. The molecule has 2 N–H and O–H groups in total. The first-order valence-corrected chi connectivity index (χ1v) is 8.86. The highest BCUT2D eigenvalue weighted by atomic mass is 32.2. The minimum absolute atomic E-state index is 0.386. The van der Waals surface area contributed by atoms with Gasteiger partial charge in [-0.15, -0.1) is 0 Å². The maximum atomic E-state index is 12.6. The molecule has 118 valence electrons. The molecule has 0 saturated carbocycles. The largest absolute Gasteiger partial charge is 0.330 e. The van der Waals surface area contributed by atoms with Crippen molar-refractivity contribution >= 4 is 10.0 Å². The second kappa shape index (κ2) is 6.87. The molecular formula is C15H25N3O2S. The number of benzene rings is 1. The summed E-state index contributed by atoms with van der Waals surface area (Å²) in [5, 5.41) is 0. The number of sulfonamides is 1. The highest BCUT2D eigenvalue weighted by Gasteiger charge is 2.28. The first kappa shape index (κ1) is 16.4. The van der Waals surface area contributed by atoms with Crippen molar-refractivity contribution in [1.82, 2.24) is 9.21 Å². The first-order chi connectivity index (χ1) is 9.93. The summed E-state index contributed by atoms with van der Waals surface area (Å²) in [6.07, 6.45) is 0. The van der Waals surface area contributed by atoms with Gasteiger partial charge in [-0.05, 0) is 31.5 Å². The van der Waals surface area contributed by atoms with E-state index in [0.717, 1.165) is 25.2 Å². The van der Waals surface area contributed by atoms with Gasteiger partial charge in [0, 0.05) is 32.7 Å². The van der Waals surface area contributed by atoms with Crippen LogP contribution < -0.4 is 5.73 Å². The molecule has 21 heavy (non-hydrogen) atoms. The molecule has 1 aliphatic rings. The summed E-state index contributed by atoms with van der Waals surface area (Å²) < 4.78 is 26.7. The zero-order valence-corrected chi connectivity index (χ0v) is 13.6. The summed E-state index contributed by atoms with van der Waals surface area (Å²) in [4.78, 5) is 2.68. The van der Waals surface area contributed by atoms with Crippen LogP contribution in [-0.4, -0.2) is 56.9 Å². The average Bonchev–Trinajstić information content (AvgIpc) is 2.48. The lowest BCUT2D eigenvalue weighted by atomic mass is 10.1. The van der Waals surface area contributed by atoms with E-state index in [1.54, 1.807) is 16.4 Å². The monoisotopic (exact) mass is 311 g/mol. The fourth-order valence-corrected chi connectivity index (χ4v) is 3.95. The first-order valence-electron chi connectivity index (χ1n) is 7.42. The smallest absolute Gasteiger partial charge is 0.243 e. The molecule has 1 atom stereocenters. The molecule has 1 saturated heterocycles. The molecule has 0 radical (unpaired) electrons. The summed E-state index contributed by atoms with van der Waals surface area (Å²) in [6, 6.07) is 7.05. The van der Waals surface area contributed by atoms with Crippen LogP contribution in [0.5, 0.6) is 0 Å². The van der Waals surface area contributed by atoms with Gasteiger partial charge in [-0.3, -0.25) is 0 Å². The van der Waals surface area contributed by atoms with E-state index < -0.39 is 10.0 Å². The molecule has 0 bridgehead atoms. The van der Waals surface area contributed by atoms with Crippen LogP contribution in [0.25, 0.3) is 0 Å². The maximum absolute atomic E-state index is 12.6. The van der Waals surface area contributed by atoms with Crippen LogP contribution in [0.1, 0.15) is 12.5 Å². The molecule has 0 amide bonds. The predicted octanol–water partition coefficient (Wildman–Crippen LogP) is 0.896. The number of hydrogen-bond acceptors (Lipinski definition) is 4. The Morgan fingerprint density at radius 1 is 1.14 bits per heavy atom. The number of nitrogens with zero attached hydrogens (tertiary/aromatic N) is 2. The Morgan fingerprint density at radius 2 is 1.71 bits per heavy atom. The van der Waals surface area contributed by atoms with Gasteiger partial charge in [0.1, 0.15) is 0 Å². The van der Waals surface area contributed by atoms with Crippen molar-refractivity contribution in [2.24, 2.45) is 11.7 Å². The maximum Gasteiger partial charge on any atom is 0.243 e. The van der Waals surface area contributed by atoms with Crippen LogP contribution in [0.2, 0.25) is 0 Å². The van der Waals surface area contributed by atoms with Gasteiger partial charge in [0.25, 0.3) is 0 Å². The summed E-state index contributed by atoms with van der Waals surface area (Å²) >= 11 is 0. The van der Waals surface area contributed by atoms with Crippen molar-refractivity contribution in [3.05, 3.63) is 29.8 Å². The molecule has 6 heteroatoms. The minimum atomic E-state index is -3.35. The number of piperazine rings is 1. The van der Waals surface area contributed by atoms with Crippen molar-refractivity contribution in [3.8, 4) is 0 Å². The predicted molar refractivity (Wildman–Crippen MR) is 84.6 cm³/mol. The standard InChI is InChI=1S/C15H25N3O2S/c1-13-3-5-15(6-4-13)21(19,20)18-9-7-17(8-10-18)12-14(2)11-16/h3-6,14H,7-12,16H2,1-2H3. The van der Waals surface area contributed by atoms with E-state index in [4.69, 9.17) is 5.73 Å². The summed E-state index contributed by atoms with van der Waals surface area (Å²) in [5.41, 5.74) is 6.71. The van der Waals surface area contributed by atoms with Gasteiger partial charge in [-0.2, -0.15) is 4.31 Å². The van der Waals surface area contributed by atoms with Crippen molar-refractivity contribution in [3.63, 3.8) is 0 Å². The molecule has 1 aromatic carbocycles. The van der Waals surface area contributed by atoms with Crippen molar-refractivity contribution in [2.75, 3.05) is 39.3 Å². The molecule has 2 rings (SSSR count). The molecule has 0 aromatic heterocycles. The van der Waals surface area contributed by atoms with Gasteiger partial charge in [0.2, 0.25) is 10.0 Å². The van der Waals surface area contributed by atoms with Gasteiger partial charge in [0.15, 0.2) is 0 Å². The molecule has 1 fully saturated rings. The summed E-state index contributed by atoms with van der Waals surface area (Å²) in [7, 11) is -3.35. The number of hydrogen-bond donors (Lipinski definition) is 1. The highest BCUT2D eigenvalue weighted by molar-refractivity contribution is 7.89. The molecule has 1 heterocycles. The van der Waals surface area contributed by atoms with Crippen LogP contribution in [-0.2, 0) is 10.0 Å². The van der Waals surface area contributed by atoms with E-state index in [9.17, 15) is 8.42 Å². The van der Waals surface area contributed by atoms with E-state index in [0.29, 0.717) is 30.4 Å². The van der Waals surface area contributed by atoms with Gasteiger partial charge >= 0.3 is 0 Å². The van der Waals surface area contributed by atoms with Crippen LogP contribution in [0.15, 0.2) is 29.2 Å². The van der Waals surface area contributed by atoms with Crippen LogP contribution >= 0.6 is 0 Å². The third-order valence-electron chi connectivity index (χ3n) is 3.96. The van der Waals surface area contributed by atoms with E-state index in [-0.39, 0.29) is 0 Å². The van der Waals surface area contributed by atoms with Crippen LogP contribution in [0, 0.1) is 12.8 Å². The Hall–Kier alpha value is -0.950. The summed E-state index contributed by atoms with van der Waals surface area (Å²) in [6.45, 7) is 8.33.